The van der Waals surface area contributed by atoms with E-state index >= 15 is 0 Å². The first-order chi connectivity index (χ1) is 14.4. The molecule has 0 radical (unpaired) electrons. The molecule has 166 valence electrons. The lowest BCUT2D eigenvalue weighted by molar-refractivity contribution is 0.599. The van der Waals surface area contributed by atoms with Gasteiger partial charge in [-0.1, -0.05) is 48.5 Å². The predicted molar refractivity (Wildman–Crippen MR) is 136 cm³/mol. The highest BCUT2D eigenvalue weighted by atomic mass is 127. The number of halogens is 2. The van der Waals surface area contributed by atoms with Gasteiger partial charge in [0.25, 0.3) is 0 Å². The zero-order valence-corrected chi connectivity index (χ0v) is 20.7. The summed E-state index contributed by atoms with van der Waals surface area (Å²) in [5, 5.41) is 8.84. The number of guanidine groups is 1. The van der Waals surface area contributed by atoms with Gasteiger partial charge in [0.1, 0.15) is 5.82 Å². The molecule has 0 aliphatic rings. The van der Waals surface area contributed by atoms with Crippen LogP contribution in [0.2, 0.25) is 0 Å². The fourth-order valence-electron chi connectivity index (χ4n) is 3.41. The molecule has 0 amide bonds. The number of nitrogens with one attached hydrogen (secondary N) is 2. The minimum Gasteiger partial charge on any atom is -0.356 e. The SMILES string of the molecule is CN=C(NCCc1cccc2ccccc12)NCc1cc(F)ccc1CS(C)(=O)=O.I. The van der Waals surface area contributed by atoms with E-state index in [1.165, 1.54) is 40.8 Å². The molecular weight excluding hydrogens is 528 g/mol. The van der Waals surface area contributed by atoms with Crippen molar-refractivity contribution in [3.05, 3.63) is 83.2 Å². The Morgan fingerprint density at radius 2 is 1.71 bits per heavy atom. The summed E-state index contributed by atoms with van der Waals surface area (Å²) >= 11 is 0. The molecular formula is C23H27FIN3O2S. The van der Waals surface area contributed by atoms with Crippen molar-refractivity contribution in [2.24, 2.45) is 4.99 Å². The lowest BCUT2D eigenvalue weighted by atomic mass is 10.0. The van der Waals surface area contributed by atoms with Crippen LogP contribution in [0.25, 0.3) is 10.8 Å². The minimum atomic E-state index is -3.22. The van der Waals surface area contributed by atoms with Crippen LogP contribution < -0.4 is 10.6 Å². The summed E-state index contributed by atoms with van der Waals surface area (Å²) in [5.41, 5.74) is 2.42. The highest BCUT2D eigenvalue weighted by Crippen LogP contribution is 2.18. The summed E-state index contributed by atoms with van der Waals surface area (Å²) in [6, 6.07) is 18.7. The lowest BCUT2D eigenvalue weighted by Gasteiger charge is -2.15. The fraction of sp³-hybridized carbons (Fsp3) is 0.261. The van der Waals surface area contributed by atoms with E-state index < -0.39 is 15.7 Å². The van der Waals surface area contributed by atoms with Gasteiger partial charge in [-0.2, -0.15) is 0 Å². The van der Waals surface area contributed by atoms with Gasteiger partial charge in [0.2, 0.25) is 0 Å². The summed E-state index contributed by atoms with van der Waals surface area (Å²) in [6.07, 6.45) is 1.99. The molecule has 0 heterocycles. The van der Waals surface area contributed by atoms with E-state index in [9.17, 15) is 12.8 Å². The Bertz CT molecular complexity index is 1160. The predicted octanol–water partition coefficient (Wildman–Crippen LogP) is 4.05. The lowest BCUT2D eigenvalue weighted by Crippen LogP contribution is -2.38. The van der Waals surface area contributed by atoms with Crippen LogP contribution in [0.4, 0.5) is 4.39 Å². The van der Waals surface area contributed by atoms with Crippen LogP contribution in [-0.2, 0) is 28.6 Å². The number of benzene rings is 3. The molecule has 8 heteroatoms. The summed E-state index contributed by atoms with van der Waals surface area (Å²) in [7, 11) is -1.55. The Morgan fingerprint density at radius 1 is 0.968 bits per heavy atom. The first kappa shape index (κ1) is 25.1. The summed E-state index contributed by atoms with van der Waals surface area (Å²) in [5.74, 6) is 0.0463. The van der Waals surface area contributed by atoms with E-state index in [1.54, 1.807) is 7.05 Å². The van der Waals surface area contributed by atoms with Crippen molar-refractivity contribution in [2.45, 2.75) is 18.7 Å². The van der Waals surface area contributed by atoms with Crippen molar-refractivity contribution in [3.63, 3.8) is 0 Å². The van der Waals surface area contributed by atoms with Crippen LogP contribution in [0.1, 0.15) is 16.7 Å². The molecule has 3 aromatic carbocycles. The van der Waals surface area contributed by atoms with Crippen LogP contribution >= 0.6 is 24.0 Å². The van der Waals surface area contributed by atoms with Gasteiger partial charge in [0, 0.05) is 26.4 Å². The number of sulfone groups is 1. The number of hydrogen-bond donors (Lipinski definition) is 2. The van der Waals surface area contributed by atoms with E-state index in [4.69, 9.17) is 0 Å². The first-order valence-corrected chi connectivity index (χ1v) is 11.8. The van der Waals surface area contributed by atoms with Crippen molar-refractivity contribution < 1.29 is 12.8 Å². The molecule has 0 unspecified atom stereocenters. The van der Waals surface area contributed by atoms with E-state index in [0.717, 1.165) is 6.42 Å². The zero-order valence-electron chi connectivity index (χ0n) is 17.6. The second-order valence-electron chi connectivity index (χ2n) is 7.22. The van der Waals surface area contributed by atoms with E-state index in [-0.39, 0.29) is 36.3 Å². The van der Waals surface area contributed by atoms with Gasteiger partial charge in [0.15, 0.2) is 15.8 Å². The Hall–Kier alpha value is -2.20. The molecule has 0 fully saturated rings. The number of nitrogens with zero attached hydrogens (tertiary/aromatic N) is 1. The van der Waals surface area contributed by atoms with Crippen molar-refractivity contribution in [2.75, 3.05) is 19.8 Å². The van der Waals surface area contributed by atoms with Gasteiger partial charge in [-0.15, -0.1) is 24.0 Å². The molecule has 3 aromatic rings. The van der Waals surface area contributed by atoms with Gasteiger partial charge in [-0.05, 0) is 46.0 Å². The van der Waals surface area contributed by atoms with Gasteiger partial charge >= 0.3 is 0 Å². The number of aliphatic imine (C=N–C) groups is 1. The average Bonchev–Trinajstić information content (AvgIpc) is 2.71. The van der Waals surface area contributed by atoms with Crippen molar-refractivity contribution in [3.8, 4) is 0 Å². The number of hydrogen-bond acceptors (Lipinski definition) is 3. The molecule has 0 spiro atoms. The smallest absolute Gasteiger partial charge is 0.191 e. The van der Waals surface area contributed by atoms with Gasteiger partial charge in [0.05, 0.1) is 5.75 Å². The Kier molecular flexibility index (Phi) is 9.24. The molecule has 0 atom stereocenters. The van der Waals surface area contributed by atoms with Crippen molar-refractivity contribution in [1.82, 2.24) is 10.6 Å². The van der Waals surface area contributed by atoms with E-state index in [0.29, 0.717) is 23.6 Å². The summed E-state index contributed by atoms with van der Waals surface area (Å²) in [4.78, 5) is 4.21. The third-order valence-corrected chi connectivity index (χ3v) is 5.66. The highest BCUT2D eigenvalue weighted by molar-refractivity contribution is 14.0. The topological polar surface area (TPSA) is 70.6 Å². The summed E-state index contributed by atoms with van der Waals surface area (Å²) < 4.78 is 37.0. The fourth-order valence-corrected chi connectivity index (χ4v) is 4.25. The zero-order chi connectivity index (χ0) is 21.6. The largest absolute Gasteiger partial charge is 0.356 e. The highest BCUT2D eigenvalue weighted by Gasteiger charge is 2.11. The number of rotatable bonds is 7. The Morgan fingerprint density at radius 3 is 2.45 bits per heavy atom. The second kappa shape index (κ2) is 11.4. The maximum Gasteiger partial charge on any atom is 0.191 e. The van der Waals surface area contributed by atoms with Crippen LogP contribution in [0.15, 0.2) is 65.7 Å². The molecule has 0 aliphatic carbocycles. The molecule has 0 saturated heterocycles. The number of fused-ring (bicyclic) bond motifs is 1. The third-order valence-electron chi connectivity index (χ3n) is 4.82. The van der Waals surface area contributed by atoms with Crippen LogP contribution in [0.5, 0.6) is 0 Å². The molecule has 3 rings (SSSR count). The van der Waals surface area contributed by atoms with E-state index in [2.05, 4.69) is 46.0 Å². The van der Waals surface area contributed by atoms with Crippen molar-refractivity contribution >= 4 is 50.5 Å². The first-order valence-electron chi connectivity index (χ1n) is 9.72. The Labute approximate surface area is 200 Å². The van der Waals surface area contributed by atoms with Gasteiger partial charge < -0.3 is 10.6 Å². The summed E-state index contributed by atoms with van der Waals surface area (Å²) in [6.45, 7) is 0.948. The molecule has 0 bridgehead atoms. The molecule has 5 nitrogen and oxygen atoms in total. The van der Waals surface area contributed by atoms with E-state index in [1.807, 2.05) is 12.1 Å². The maximum atomic E-state index is 13.7. The molecule has 0 saturated carbocycles. The monoisotopic (exact) mass is 555 g/mol. The maximum absolute atomic E-state index is 13.7. The van der Waals surface area contributed by atoms with Crippen LogP contribution in [-0.4, -0.2) is 34.2 Å². The second-order valence-corrected chi connectivity index (χ2v) is 9.36. The minimum absolute atomic E-state index is 0. The standard InChI is InChI=1S/C23H26FN3O2S.HI/c1-25-23(26-13-12-18-8-5-7-17-6-3-4-9-22(17)18)27-15-20-14-21(24)11-10-19(20)16-30(2,28)29;/h3-11,14H,12-13,15-16H2,1-2H3,(H2,25,26,27);1H. The average molecular weight is 555 g/mol. The third kappa shape index (κ3) is 7.46. The van der Waals surface area contributed by atoms with Gasteiger partial charge in [-0.3, -0.25) is 4.99 Å². The Balaban J connectivity index is 0.00000341. The molecule has 0 aliphatic heterocycles. The van der Waals surface area contributed by atoms with Gasteiger partial charge in [-0.25, -0.2) is 12.8 Å². The quantitative estimate of drug-likeness (QED) is 0.262. The molecule has 31 heavy (non-hydrogen) atoms. The normalized spacial score (nSPS) is 11.8. The molecule has 0 aromatic heterocycles. The van der Waals surface area contributed by atoms with Crippen LogP contribution in [0, 0.1) is 5.82 Å². The van der Waals surface area contributed by atoms with Crippen LogP contribution in [0.3, 0.4) is 0 Å². The molecule has 2 N–H and O–H groups in total. The van der Waals surface area contributed by atoms with Crippen molar-refractivity contribution in [1.29, 1.82) is 0 Å².